The molecule has 26 heavy (non-hydrogen) atoms. The molecule has 0 radical (unpaired) electrons. The number of ether oxygens (including phenoxy) is 1. The van der Waals surface area contributed by atoms with Gasteiger partial charge in [-0.15, -0.1) is 0 Å². The minimum Gasteiger partial charge on any atom is -0.373 e. The second-order valence-corrected chi connectivity index (χ2v) is 8.43. The Labute approximate surface area is 159 Å². The highest BCUT2D eigenvalue weighted by molar-refractivity contribution is 5.79. The first kappa shape index (κ1) is 19.9. The molecule has 3 aliphatic rings. The van der Waals surface area contributed by atoms with E-state index < -0.39 is 0 Å². The molecule has 0 aromatic rings. The summed E-state index contributed by atoms with van der Waals surface area (Å²) in [5, 5.41) is 7.14. The Kier molecular flexibility index (Phi) is 7.58. The van der Waals surface area contributed by atoms with Gasteiger partial charge in [0.15, 0.2) is 5.96 Å². The SMILES string of the molecule is CN=C(NCCCN1CC(C)OC(C)C1)NC1CCN(C2CCCC2)C1. The molecule has 0 aromatic carbocycles. The molecule has 0 spiro atoms. The lowest BCUT2D eigenvalue weighted by molar-refractivity contribution is -0.0679. The summed E-state index contributed by atoms with van der Waals surface area (Å²) in [6.07, 6.45) is 8.72. The summed E-state index contributed by atoms with van der Waals surface area (Å²) >= 11 is 0. The van der Waals surface area contributed by atoms with Crippen molar-refractivity contribution in [3.8, 4) is 0 Å². The van der Waals surface area contributed by atoms with Gasteiger partial charge in [-0.2, -0.15) is 0 Å². The number of nitrogens with one attached hydrogen (secondary N) is 2. The van der Waals surface area contributed by atoms with E-state index in [1.54, 1.807) is 0 Å². The first-order valence-corrected chi connectivity index (χ1v) is 10.7. The number of hydrogen-bond acceptors (Lipinski definition) is 4. The fraction of sp³-hybridized carbons (Fsp3) is 0.950. The normalized spacial score (nSPS) is 32.3. The molecule has 3 unspecified atom stereocenters. The monoisotopic (exact) mass is 365 g/mol. The zero-order valence-electron chi connectivity index (χ0n) is 17.0. The largest absolute Gasteiger partial charge is 0.373 e. The number of rotatable bonds is 6. The summed E-state index contributed by atoms with van der Waals surface area (Å²) in [5.74, 6) is 0.965. The number of guanidine groups is 1. The molecule has 3 fully saturated rings. The highest BCUT2D eigenvalue weighted by Gasteiger charge is 2.30. The van der Waals surface area contributed by atoms with E-state index in [9.17, 15) is 0 Å². The van der Waals surface area contributed by atoms with Gasteiger partial charge in [-0.3, -0.25) is 14.8 Å². The lowest BCUT2D eigenvalue weighted by Crippen LogP contribution is -2.47. The Morgan fingerprint density at radius 3 is 2.50 bits per heavy atom. The van der Waals surface area contributed by atoms with Crippen LogP contribution in [-0.4, -0.2) is 86.4 Å². The van der Waals surface area contributed by atoms with Gasteiger partial charge in [0.1, 0.15) is 0 Å². The molecule has 150 valence electrons. The number of hydrogen-bond donors (Lipinski definition) is 2. The molecular formula is C20H39N5O. The highest BCUT2D eigenvalue weighted by atomic mass is 16.5. The van der Waals surface area contributed by atoms with Crippen molar-refractivity contribution in [3.05, 3.63) is 0 Å². The molecule has 0 aromatic heterocycles. The molecule has 6 heteroatoms. The van der Waals surface area contributed by atoms with Crippen LogP contribution in [-0.2, 0) is 4.74 Å². The van der Waals surface area contributed by atoms with Crippen LogP contribution < -0.4 is 10.6 Å². The fourth-order valence-electron chi connectivity index (χ4n) is 4.87. The number of likely N-dealkylation sites (tertiary alicyclic amines) is 1. The highest BCUT2D eigenvalue weighted by Crippen LogP contribution is 2.26. The van der Waals surface area contributed by atoms with Crippen LogP contribution in [0.3, 0.4) is 0 Å². The van der Waals surface area contributed by atoms with Gasteiger partial charge in [0.2, 0.25) is 0 Å². The van der Waals surface area contributed by atoms with Gasteiger partial charge in [0.25, 0.3) is 0 Å². The first-order chi connectivity index (χ1) is 12.6. The average Bonchev–Trinajstić information content (AvgIpc) is 3.28. The molecule has 1 aliphatic carbocycles. The van der Waals surface area contributed by atoms with Crippen molar-refractivity contribution in [2.45, 2.75) is 76.7 Å². The summed E-state index contributed by atoms with van der Waals surface area (Å²) < 4.78 is 5.81. The molecule has 1 saturated carbocycles. The predicted octanol–water partition coefficient (Wildman–Crippen LogP) is 1.67. The molecule has 2 saturated heterocycles. The van der Waals surface area contributed by atoms with Gasteiger partial charge in [-0.05, 0) is 39.5 Å². The zero-order valence-corrected chi connectivity index (χ0v) is 17.0. The van der Waals surface area contributed by atoms with Gasteiger partial charge in [-0.25, -0.2) is 0 Å². The van der Waals surface area contributed by atoms with Crippen molar-refractivity contribution in [1.82, 2.24) is 20.4 Å². The summed E-state index contributed by atoms with van der Waals surface area (Å²) in [5.41, 5.74) is 0. The van der Waals surface area contributed by atoms with E-state index in [1.807, 2.05) is 7.05 Å². The van der Waals surface area contributed by atoms with Gasteiger partial charge < -0.3 is 15.4 Å². The van der Waals surface area contributed by atoms with E-state index in [0.29, 0.717) is 18.2 Å². The van der Waals surface area contributed by atoms with Gasteiger partial charge >= 0.3 is 0 Å². The quantitative estimate of drug-likeness (QED) is 0.426. The maximum atomic E-state index is 5.81. The lowest BCUT2D eigenvalue weighted by Gasteiger charge is -2.35. The molecule has 6 nitrogen and oxygen atoms in total. The van der Waals surface area contributed by atoms with Crippen LogP contribution in [0.15, 0.2) is 4.99 Å². The van der Waals surface area contributed by atoms with Crippen molar-refractivity contribution >= 4 is 5.96 Å². The summed E-state index contributed by atoms with van der Waals surface area (Å²) in [6, 6.07) is 1.39. The fourth-order valence-corrected chi connectivity index (χ4v) is 4.87. The summed E-state index contributed by atoms with van der Waals surface area (Å²) in [6.45, 7) is 11.0. The standard InChI is InChI=1S/C20H39N5O/c1-16-13-24(14-17(2)26-16)11-6-10-22-20(21-3)23-18-9-12-25(15-18)19-7-4-5-8-19/h16-19H,4-15H2,1-3H3,(H2,21,22,23). The van der Waals surface area contributed by atoms with Gasteiger partial charge in [0, 0.05) is 58.4 Å². The van der Waals surface area contributed by atoms with Crippen molar-refractivity contribution < 1.29 is 4.74 Å². The molecule has 3 rings (SSSR count). The Morgan fingerprint density at radius 1 is 1.08 bits per heavy atom. The molecule has 2 N–H and O–H groups in total. The molecule has 3 atom stereocenters. The van der Waals surface area contributed by atoms with Crippen LogP contribution in [0.4, 0.5) is 0 Å². The second kappa shape index (κ2) is 9.90. The van der Waals surface area contributed by atoms with Crippen LogP contribution >= 0.6 is 0 Å². The summed E-state index contributed by atoms with van der Waals surface area (Å²) in [4.78, 5) is 9.64. The predicted molar refractivity (Wildman–Crippen MR) is 108 cm³/mol. The Morgan fingerprint density at radius 2 is 1.81 bits per heavy atom. The topological polar surface area (TPSA) is 52.1 Å². The molecule has 2 aliphatic heterocycles. The van der Waals surface area contributed by atoms with Crippen LogP contribution in [0.25, 0.3) is 0 Å². The van der Waals surface area contributed by atoms with E-state index in [1.165, 1.54) is 45.2 Å². The molecule has 0 amide bonds. The van der Waals surface area contributed by atoms with E-state index >= 15 is 0 Å². The maximum absolute atomic E-state index is 5.81. The smallest absolute Gasteiger partial charge is 0.191 e. The van der Waals surface area contributed by atoms with E-state index in [2.05, 4.69) is 39.3 Å². The zero-order chi connectivity index (χ0) is 18.4. The minimum atomic E-state index is 0.353. The van der Waals surface area contributed by atoms with Crippen molar-refractivity contribution in [3.63, 3.8) is 0 Å². The van der Waals surface area contributed by atoms with Crippen molar-refractivity contribution in [1.29, 1.82) is 0 Å². The molecule has 2 heterocycles. The third kappa shape index (κ3) is 5.83. The number of morpholine rings is 1. The third-order valence-electron chi connectivity index (χ3n) is 6.06. The van der Waals surface area contributed by atoms with Gasteiger partial charge in [0.05, 0.1) is 12.2 Å². The van der Waals surface area contributed by atoms with Crippen LogP contribution in [0.5, 0.6) is 0 Å². The maximum Gasteiger partial charge on any atom is 0.191 e. The van der Waals surface area contributed by atoms with Crippen LogP contribution in [0.1, 0.15) is 52.4 Å². The van der Waals surface area contributed by atoms with Crippen LogP contribution in [0.2, 0.25) is 0 Å². The third-order valence-corrected chi connectivity index (χ3v) is 6.06. The van der Waals surface area contributed by atoms with Gasteiger partial charge in [-0.1, -0.05) is 12.8 Å². The second-order valence-electron chi connectivity index (χ2n) is 8.43. The Hall–Kier alpha value is -0.850. The average molecular weight is 366 g/mol. The minimum absolute atomic E-state index is 0.353. The van der Waals surface area contributed by atoms with E-state index in [-0.39, 0.29) is 0 Å². The van der Waals surface area contributed by atoms with E-state index in [4.69, 9.17) is 4.74 Å². The Balaban J connectivity index is 1.31. The van der Waals surface area contributed by atoms with E-state index in [0.717, 1.165) is 44.6 Å². The van der Waals surface area contributed by atoms with Crippen molar-refractivity contribution in [2.24, 2.45) is 4.99 Å². The summed E-state index contributed by atoms with van der Waals surface area (Å²) in [7, 11) is 1.88. The molecular weight excluding hydrogens is 326 g/mol. The first-order valence-electron chi connectivity index (χ1n) is 10.7. The van der Waals surface area contributed by atoms with Crippen molar-refractivity contribution in [2.75, 3.05) is 46.3 Å². The van der Waals surface area contributed by atoms with Crippen LogP contribution in [0, 0.1) is 0 Å². The number of aliphatic imine (C=N–C) groups is 1. The Bertz CT molecular complexity index is 441. The number of nitrogens with zero attached hydrogens (tertiary/aromatic N) is 3. The molecule has 0 bridgehead atoms. The lowest BCUT2D eigenvalue weighted by atomic mass is 10.2.